The summed E-state index contributed by atoms with van der Waals surface area (Å²) in [5.41, 5.74) is 2.36. The van der Waals surface area contributed by atoms with Crippen LogP contribution in [0.4, 0.5) is 0 Å². The standard InChI is InChI=1S/C18H28N2O3/c1-14-8-15(2)10-17(9-14)23-7-6-19(3)18(22)12-20-5-4-16(11-20)13-21/h8-10,16,21H,4-7,11-13H2,1-3H3. The number of amides is 1. The Labute approximate surface area is 138 Å². The first-order chi connectivity index (χ1) is 11.0. The summed E-state index contributed by atoms with van der Waals surface area (Å²) in [5.74, 6) is 1.28. The quantitative estimate of drug-likeness (QED) is 0.826. The SMILES string of the molecule is Cc1cc(C)cc(OCCN(C)C(=O)CN2CCC(CO)C2)c1. The number of likely N-dealkylation sites (tertiary alicyclic amines) is 1. The van der Waals surface area contributed by atoms with E-state index < -0.39 is 0 Å². The van der Waals surface area contributed by atoms with Crippen molar-refractivity contribution in [1.82, 2.24) is 9.80 Å². The average Bonchev–Trinajstić information content (AvgIpc) is 2.93. The summed E-state index contributed by atoms with van der Waals surface area (Å²) in [7, 11) is 1.81. The molecule has 1 aromatic rings. The number of nitrogens with zero attached hydrogens (tertiary/aromatic N) is 2. The number of benzene rings is 1. The van der Waals surface area contributed by atoms with E-state index in [1.807, 2.05) is 33.0 Å². The molecule has 23 heavy (non-hydrogen) atoms. The summed E-state index contributed by atoms with van der Waals surface area (Å²) in [6, 6.07) is 6.13. The van der Waals surface area contributed by atoms with Gasteiger partial charge in [-0.25, -0.2) is 0 Å². The predicted molar refractivity (Wildman–Crippen MR) is 90.7 cm³/mol. The molecule has 1 amide bonds. The molecule has 1 aromatic carbocycles. The van der Waals surface area contributed by atoms with Gasteiger partial charge in [0.15, 0.2) is 0 Å². The molecule has 128 valence electrons. The number of ether oxygens (including phenoxy) is 1. The van der Waals surface area contributed by atoms with Crippen LogP contribution in [0.2, 0.25) is 0 Å². The van der Waals surface area contributed by atoms with Crippen LogP contribution in [0.5, 0.6) is 5.75 Å². The first-order valence-corrected chi connectivity index (χ1v) is 8.26. The molecule has 1 unspecified atom stereocenters. The van der Waals surface area contributed by atoms with Gasteiger partial charge in [0.2, 0.25) is 5.91 Å². The fraction of sp³-hybridized carbons (Fsp3) is 0.611. The van der Waals surface area contributed by atoms with E-state index in [1.54, 1.807) is 4.90 Å². The zero-order valence-corrected chi connectivity index (χ0v) is 14.4. The van der Waals surface area contributed by atoms with Gasteiger partial charge in [-0.05, 0) is 56.0 Å². The zero-order valence-electron chi connectivity index (χ0n) is 14.4. The number of hydrogen-bond donors (Lipinski definition) is 1. The van der Waals surface area contributed by atoms with Crippen LogP contribution in [-0.2, 0) is 4.79 Å². The van der Waals surface area contributed by atoms with Gasteiger partial charge in [-0.15, -0.1) is 0 Å². The van der Waals surface area contributed by atoms with Crippen LogP contribution in [0, 0.1) is 19.8 Å². The van der Waals surface area contributed by atoms with Gasteiger partial charge in [-0.2, -0.15) is 0 Å². The number of aliphatic hydroxyl groups excluding tert-OH is 1. The van der Waals surface area contributed by atoms with Crippen molar-refractivity contribution in [1.29, 1.82) is 0 Å². The molecule has 0 spiro atoms. The van der Waals surface area contributed by atoms with Gasteiger partial charge < -0.3 is 14.7 Å². The van der Waals surface area contributed by atoms with Gasteiger partial charge in [-0.3, -0.25) is 9.69 Å². The highest BCUT2D eigenvalue weighted by molar-refractivity contribution is 5.78. The number of aliphatic hydroxyl groups is 1. The molecule has 1 aliphatic rings. The Morgan fingerprint density at radius 3 is 2.65 bits per heavy atom. The number of hydrogen-bond acceptors (Lipinski definition) is 4. The highest BCUT2D eigenvalue weighted by Crippen LogP contribution is 2.16. The normalized spacial score (nSPS) is 18.2. The van der Waals surface area contributed by atoms with Crippen molar-refractivity contribution >= 4 is 5.91 Å². The Morgan fingerprint density at radius 2 is 2.04 bits per heavy atom. The van der Waals surface area contributed by atoms with Crippen LogP contribution in [0.3, 0.4) is 0 Å². The smallest absolute Gasteiger partial charge is 0.236 e. The molecular formula is C18H28N2O3. The predicted octanol–water partition coefficient (Wildman–Crippen LogP) is 1.45. The Bertz CT molecular complexity index is 513. The maximum absolute atomic E-state index is 12.2. The molecule has 5 nitrogen and oxygen atoms in total. The fourth-order valence-electron chi connectivity index (χ4n) is 2.96. The maximum Gasteiger partial charge on any atom is 0.236 e. The third-order valence-electron chi connectivity index (χ3n) is 4.30. The molecule has 0 radical (unpaired) electrons. The van der Waals surface area contributed by atoms with Crippen LogP contribution < -0.4 is 4.74 Å². The molecule has 1 heterocycles. The second-order valence-electron chi connectivity index (χ2n) is 6.56. The van der Waals surface area contributed by atoms with E-state index in [0.717, 1.165) is 25.3 Å². The first kappa shape index (κ1) is 17.8. The number of carbonyl (C=O) groups excluding carboxylic acids is 1. The average molecular weight is 320 g/mol. The molecule has 5 heteroatoms. The van der Waals surface area contributed by atoms with Crippen molar-refractivity contribution in [2.45, 2.75) is 20.3 Å². The first-order valence-electron chi connectivity index (χ1n) is 8.26. The van der Waals surface area contributed by atoms with Crippen LogP contribution in [0.1, 0.15) is 17.5 Å². The van der Waals surface area contributed by atoms with Crippen molar-refractivity contribution < 1.29 is 14.6 Å². The summed E-state index contributed by atoms with van der Waals surface area (Å²) >= 11 is 0. The Morgan fingerprint density at radius 1 is 1.35 bits per heavy atom. The number of carbonyl (C=O) groups is 1. The molecule has 0 aliphatic carbocycles. The van der Waals surface area contributed by atoms with Gasteiger partial charge >= 0.3 is 0 Å². The lowest BCUT2D eigenvalue weighted by atomic mass is 10.1. The highest BCUT2D eigenvalue weighted by Gasteiger charge is 2.24. The Balaban J connectivity index is 1.71. The highest BCUT2D eigenvalue weighted by atomic mass is 16.5. The van der Waals surface area contributed by atoms with Crippen molar-refractivity contribution in [3.8, 4) is 5.75 Å². The Hall–Kier alpha value is -1.59. The summed E-state index contributed by atoms with van der Waals surface area (Å²) < 4.78 is 5.75. The minimum absolute atomic E-state index is 0.104. The van der Waals surface area contributed by atoms with Crippen LogP contribution >= 0.6 is 0 Å². The Kier molecular flexibility index (Phi) is 6.42. The van der Waals surface area contributed by atoms with Gasteiger partial charge in [-0.1, -0.05) is 6.07 Å². The van der Waals surface area contributed by atoms with Gasteiger partial charge in [0.05, 0.1) is 13.1 Å². The largest absolute Gasteiger partial charge is 0.492 e. The number of likely N-dealkylation sites (N-methyl/N-ethyl adjacent to an activating group) is 1. The third-order valence-corrected chi connectivity index (χ3v) is 4.30. The number of rotatable bonds is 7. The fourth-order valence-corrected chi connectivity index (χ4v) is 2.96. The summed E-state index contributed by atoms with van der Waals surface area (Å²) in [5, 5.41) is 9.15. The van der Waals surface area contributed by atoms with Gasteiger partial charge in [0, 0.05) is 20.2 Å². The van der Waals surface area contributed by atoms with E-state index in [1.165, 1.54) is 11.1 Å². The van der Waals surface area contributed by atoms with E-state index >= 15 is 0 Å². The zero-order chi connectivity index (χ0) is 16.8. The monoisotopic (exact) mass is 320 g/mol. The minimum atomic E-state index is 0.104. The molecule has 1 N–H and O–H groups in total. The van der Waals surface area contributed by atoms with E-state index in [-0.39, 0.29) is 12.5 Å². The second-order valence-corrected chi connectivity index (χ2v) is 6.56. The van der Waals surface area contributed by atoms with Crippen molar-refractivity contribution in [3.63, 3.8) is 0 Å². The number of aryl methyl sites for hydroxylation is 2. The molecule has 1 atom stereocenters. The van der Waals surface area contributed by atoms with Crippen LogP contribution in [0.15, 0.2) is 18.2 Å². The van der Waals surface area contributed by atoms with E-state index in [0.29, 0.717) is 25.6 Å². The van der Waals surface area contributed by atoms with Crippen molar-refractivity contribution in [2.75, 3.05) is 46.4 Å². The second kappa shape index (κ2) is 8.31. The molecular weight excluding hydrogens is 292 g/mol. The van der Waals surface area contributed by atoms with Gasteiger partial charge in [0.1, 0.15) is 12.4 Å². The lowest BCUT2D eigenvalue weighted by molar-refractivity contribution is -0.131. The molecule has 2 rings (SSSR count). The van der Waals surface area contributed by atoms with Crippen molar-refractivity contribution in [3.05, 3.63) is 29.3 Å². The topological polar surface area (TPSA) is 53.0 Å². The molecule has 1 fully saturated rings. The summed E-state index contributed by atoms with van der Waals surface area (Å²) in [4.78, 5) is 16.0. The lowest BCUT2D eigenvalue weighted by Crippen LogP contribution is -2.39. The summed E-state index contributed by atoms with van der Waals surface area (Å²) in [6.45, 7) is 7.50. The molecule has 0 saturated carbocycles. The molecule has 0 aromatic heterocycles. The van der Waals surface area contributed by atoms with Crippen LogP contribution in [0.25, 0.3) is 0 Å². The van der Waals surface area contributed by atoms with E-state index in [4.69, 9.17) is 9.84 Å². The van der Waals surface area contributed by atoms with Gasteiger partial charge in [0.25, 0.3) is 0 Å². The molecule has 1 saturated heterocycles. The molecule has 0 bridgehead atoms. The minimum Gasteiger partial charge on any atom is -0.492 e. The third kappa shape index (κ3) is 5.52. The van der Waals surface area contributed by atoms with E-state index in [9.17, 15) is 4.79 Å². The van der Waals surface area contributed by atoms with Crippen molar-refractivity contribution in [2.24, 2.45) is 5.92 Å². The lowest BCUT2D eigenvalue weighted by Gasteiger charge is -2.21. The summed E-state index contributed by atoms with van der Waals surface area (Å²) in [6.07, 6.45) is 0.976. The van der Waals surface area contributed by atoms with E-state index in [2.05, 4.69) is 11.0 Å². The van der Waals surface area contributed by atoms with Crippen LogP contribution in [-0.4, -0.2) is 67.3 Å². The molecule has 1 aliphatic heterocycles. The maximum atomic E-state index is 12.2.